The van der Waals surface area contributed by atoms with E-state index in [0.717, 1.165) is 5.56 Å². The van der Waals surface area contributed by atoms with E-state index in [4.69, 9.17) is 0 Å². The van der Waals surface area contributed by atoms with Crippen molar-refractivity contribution in [2.24, 2.45) is 41.4 Å². The highest BCUT2D eigenvalue weighted by molar-refractivity contribution is 5.97. The Morgan fingerprint density at radius 1 is 0.929 bits per heavy atom. The molecule has 0 heterocycles. The lowest BCUT2D eigenvalue weighted by Crippen LogP contribution is -2.82. The predicted molar refractivity (Wildman–Crippen MR) is 104 cm³/mol. The lowest BCUT2D eigenvalue weighted by atomic mass is 9.35. The molecule has 8 atom stereocenters. The van der Waals surface area contributed by atoms with Crippen LogP contribution < -0.4 is 0 Å². The highest BCUT2D eigenvalue weighted by atomic mass is 16.2. The summed E-state index contributed by atoms with van der Waals surface area (Å²) in [6, 6.07) is 20.4. The zero-order valence-electron chi connectivity index (χ0n) is 15.7. The normalized spacial score (nSPS) is 42.4. The molecule has 3 heteroatoms. The molecule has 0 radical (unpaired) electrons. The zero-order valence-corrected chi connectivity index (χ0v) is 15.7. The molecule has 140 valence electrons. The predicted octanol–water partition coefficient (Wildman–Crippen LogP) is 3.34. The molecule has 6 fully saturated rings. The van der Waals surface area contributed by atoms with Crippen molar-refractivity contribution < 1.29 is 9.59 Å². The first-order valence-corrected chi connectivity index (χ1v) is 10.6. The van der Waals surface area contributed by atoms with Crippen LogP contribution in [0.2, 0.25) is 0 Å². The monoisotopic (exact) mass is 369 g/mol. The van der Waals surface area contributed by atoms with Gasteiger partial charge in [0, 0.05) is 18.4 Å². The van der Waals surface area contributed by atoms with Crippen molar-refractivity contribution in [2.45, 2.75) is 24.9 Å². The van der Waals surface area contributed by atoms with Crippen LogP contribution in [0.3, 0.4) is 0 Å². The van der Waals surface area contributed by atoms with Crippen molar-refractivity contribution >= 4 is 11.7 Å². The number of hydrogen-bond donors (Lipinski definition) is 0. The molecule has 6 aliphatic carbocycles. The van der Waals surface area contributed by atoms with E-state index in [2.05, 4.69) is 17.0 Å². The topological polar surface area (TPSA) is 37.4 Å². The van der Waals surface area contributed by atoms with Gasteiger partial charge in [-0.15, -0.1) is 0 Å². The average molecular weight is 369 g/mol. The van der Waals surface area contributed by atoms with Crippen LogP contribution in [-0.4, -0.2) is 22.1 Å². The molecule has 0 saturated heterocycles. The minimum Gasteiger partial charge on any atom is -0.331 e. The third-order valence-electron chi connectivity index (χ3n) is 8.96. The van der Waals surface area contributed by atoms with Gasteiger partial charge in [0.05, 0.1) is 12.0 Å². The van der Waals surface area contributed by atoms with Gasteiger partial charge in [-0.05, 0) is 47.1 Å². The van der Waals surface area contributed by atoms with Gasteiger partial charge in [0.15, 0.2) is 0 Å². The van der Waals surface area contributed by atoms with E-state index in [1.54, 1.807) is 0 Å². The number of Topliss-reactive ketones (excluding diaryl/α,β-unsaturated/α-hetero) is 1. The largest absolute Gasteiger partial charge is 0.331 e. The highest BCUT2D eigenvalue weighted by Gasteiger charge is 2.95. The van der Waals surface area contributed by atoms with Crippen LogP contribution in [0.1, 0.15) is 17.5 Å². The summed E-state index contributed by atoms with van der Waals surface area (Å²) in [4.78, 5) is 28.9. The Labute approximate surface area is 164 Å². The molecule has 0 aliphatic heterocycles. The molecular formula is C25H23NO2. The Kier molecular flexibility index (Phi) is 2.74. The van der Waals surface area contributed by atoms with E-state index in [1.807, 2.05) is 48.5 Å². The van der Waals surface area contributed by atoms with E-state index in [9.17, 15) is 9.59 Å². The minimum absolute atomic E-state index is 0.139. The number of amides is 1. The number of benzene rings is 2. The van der Waals surface area contributed by atoms with Gasteiger partial charge in [-0.3, -0.25) is 9.59 Å². The van der Waals surface area contributed by atoms with E-state index in [1.165, 1.54) is 12.0 Å². The Hall–Kier alpha value is -2.42. The number of rotatable bonds is 5. The van der Waals surface area contributed by atoms with Crippen molar-refractivity contribution in [3.63, 3.8) is 0 Å². The van der Waals surface area contributed by atoms with Gasteiger partial charge < -0.3 is 4.90 Å². The molecule has 2 aromatic carbocycles. The van der Waals surface area contributed by atoms with Gasteiger partial charge in [-0.2, -0.15) is 0 Å². The summed E-state index contributed by atoms with van der Waals surface area (Å²) in [6.45, 7) is 0.639. The second-order valence-electron chi connectivity index (χ2n) is 9.61. The van der Waals surface area contributed by atoms with Gasteiger partial charge >= 0.3 is 0 Å². The molecular weight excluding hydrogens is 346 g/mol. The molecule has 0 aromatic heterocycles. The lowest BCUT2D eigenvalue weighted by Gasteiger charge is -2.74. The number of hydrogen-bond acceptors (Lipinski definition) is 2. The Balaban J connectivity index is 1.28. The number of carbonyl (C=O) groups excluding carboxylic acids is 2. The van der Waals surface area contributed by atoms with Crippen molar-refractivity contribution in [3.05, 3.63) is 71.8 Å². The van der Waals surface area contributed by atoms with Crippen molar-refractivity contribution in [1.82, 2.24) is 4.90 Å². The summed E-state index contributed by atoms with van der Waals surface area (Å²) in [7, 11) is 0. The zero-order chi connectivity index (χ0) is 18.6. The molecule has 0 spiro atoms. The second kappa shape index (κ2) is 4.94. The lowest BCUT2D eigenvalue weighted by molar-refractivity contribution is -0.266. The first-order valence-electron chi connectivity index (χ1n) is 10.6. The second-order valence-corrected chi connectivity index (χ2v) is 9.61. The van der Waals surface area contributed by atoms with Crippen LogP contribution in [0.15, 0.2) is 60.7 Å². The van der Waals surface area contributed by atoms with Gasteiger partial charge in [0.1, 0.15) is 5.78 Å². The van der Waals surface area contributed by atoms with Crippen LogP contribution in [0.25, 0.3) is 0 Å². The summed E-state index contributed by atoms with van der Waals surface area (Å²) in [5.74, 6) is 4.12. The van der Waals surface area contributed by atoms with Crippen LogP contribution in [0.4, 0.5) is 0 Å². The molecule has 28 heavy (non-hydrogen) atoms. The molecule has 2 aromatic rings. The first kappa shape index (κ1) is 15.5. The number of carbonyl (C=O) groups is 2. The van der Waals surface area contributed by atoms with Gasteiger partial charge in [-0.1, -0.05) is 60.7 Å². The van der Waals surface area contributed by atoms with Crippen LogP contribution in [-0.2, 0) is 22.6 Å². The fraction of sp³-hybridized carbons (Fsp3) is 0.440. The Bertz CT molecular complexity index is 1000. The third-order valence-corrected chi connectivity index (χ3v) is 8.96. The Morgan fingerprint density at radius 2 is 1.61 bits per heavy atom. The summed E-state index contributed by atoms with van der Waals surface area (Å²) >= 11 is 0. The first-order chi connectivity index (χ1) is 13.7. The molecule has 3 nitrogen and oxygen atoms in total. The fourth-order valence-electron chi connectivity index (χ4n) is 8.52. The minimum atomic E-state index is -0.147. The van der Waals surface area contributed by atoms with E-state index >= 15 is 0 Å². The third kappa shape index (κ3) is 1.50. The highest BCUT2D eigenvalue weighted by Crippen LogP contribution is 2.90. The van der Waals surface area contributed by atoms with Crippen LogP contribution >= 0.6 is 0 Å². The van der Waals surface area contributed by atoms with Crippen molar-refractivity contribution in [1.29, 1.82) is 0 Å². The summed E-state index contributed by atoms with van der Waals surface area (Å²) < 4.78 is 0. The standard InChI is InChI=1S/C25H23NO2/c27-18(11-14-7-3-1-4-8-14)26(13-15-9-5-2-6-10-15)25-21-17-12-16-19(21)23(25)24(28)20(16)22(17)25/h1-10,16-17,19-23H,11-13H2/t16-,17-,19+,20-,21-,22+,23-,25-/m1/s1. The summed E-state index contributed by atoms with van der Waals surface area (Å²) in [5, 5.41) is 0. The maximum atomic E-state index is 13.6. The maximum Gasteiger partial charge on any atom is 0.227 e. The molecule has 4 bridgehead atoms. The number of ketones is 1. The smallest absolute Gasteiger partial charge is 0.227 e. The van der Waals surface area contributed by atoms with Crippen LogP contribution in [0, 0.1) is 41.4 Å². The number of nitrogens with zero attached hydrogens (tertiary/aromatic N) is 1. The van der Waals surface area contributed by atoms with Crippen molar-refractivity contribution in [2.75, 3.05) is 0 Å². The summed E-state index contributed by atoms with van der Waals surface area (Å²) in [6.07, 6.45) is 1.68. The van der Waals surface area contributed by atoms with Gasteiger partial charge in [-0.25, -0.2) is 0 Å². The van der Waals surface area contributed by atoms with E-state index in [0.29, 0.717) is 48.3 Å². The van der Waals surface area contributed by atoms with Gasteiger partial charge in [0.25, 0.3) is 0 Å². The van der Waals surface area contributed by atoms with Crippen molar-refractivity contribution in [3.8, 4) is 0 Å². The van der Waals surface area contributed by atoms with E-state index in [-0.39, 0.29) is 23.3 Å². The molecule has 6 aliphatic rings. The van der Waals surface area contributed by atoms with Crippen LogP contribution in [0.5, 0.6) is 0 Å². The SMILES string of the molecule is O=C1[C@@H]2[C@@H]3C[C@@H]4[C@@H]5[C@H]3[C@H]1[C@]5(N(Cc1ccccc1)C(=O)Cc1ccccc1)[C@@H]42. The van der Waals surface area contributed by atoms with Gasteiger partial charge in [0.2, 0.25) is 5.91 Å². The summed E-state index contributed by atoms with van der Waals surface area (Å²) in [5.41, 5.74) is 2.08. The Morgan fingerprint density at radius 3 is 2.29 bits per heavy atom. The molecule has 0 N–H and O–H groups in total. The van der Waals surface area contributed by atoms with E-state index < -0.39 is 0 Å². The molecule has 1 amide bonds. The average Bonchev–Trinajstić information content (AvgIpc) is 3.24. The molecule has 0 unspecified atom stereocenters. The maximum absolute atomic E-state index is 13.6. The fourth-order valence-corrected chi connectivity index (χ4v) is 8.52. The molecule has 6 saturated carbocycles. The molecule has 8 rings (SSSR count). The quantitative estimate of drug-likeness (QED) is 0.811.